The number of piperidine rings is 1. The molecule has 1 spiro atoms. The van der Waals surface area contributed by atoms with Gasteiger partial charge in [-0.25, -0.2) is 9.97 Å². The lowest BCUT2D eigenvalue weighted by Gasteiger charge is -2.39. The van der Waals surface area contributed by atoms with E-state index in [2.05, 4.69) is 9.97 Å². The maximum atomic E-state index is 13.1. The fourth-order valence-electron chi connectivity index (χ4n) is 4.18. The average Bonchev–Trinajstić information content (AvgIpc) is 3.02. The molecule has 7 nitrogen and oxygen atoms in total. The molecule has 3 rings (SSSR count). The summed E-state index contributed by atoms with van der Waals surface area (Å²) in [6, 6.07) is 1.72. The van der Waals surface area contributed by atoms with Crippen LogP contribution in [0, 0.1) is 19.3 Å². The summed E-state index contributed by atoms with van der Waals surface area (Å²) in [6.45, 7) is 6.95. The molecule has 0 aromatic carbocycles. The van der Waals surface area contributed by atoms with Crippen molar-refractivity contribution in [2.45, 2.75) is 39.5 Å². The van der Waals surface area contributed by atoms with Crippen molar-refractivity contribution in [3.8, 4) is 0 Å². The number of aromatic nitrogens is 2. The van der Waals surface area contributed by atoms with Crippen molar-refractivity contribution in [1.82, 2.24) is 19.8 Å². The minimum atomic E-state index is -0.419. The Balaban J connectivity index is 1.70. The number of likely N-dealkylation sites (tertiary alicyclic amines) is 2. The van der Waals surface area contributed by atoms with E-state index in [1.807, 2.05) is 11.8 Å². The van der Waals surface area contributed by atoms with Crippen LogP contribution in [0.5, 0.6) is 0 Å². The zero-order valence-corrected chi connectivity index (χ0v) is 16.0. The molecule has 2 saturated heterocycles. The maximum absolute atomic E-state index is 13.1. The normalized spacial score (nSPS) is 23.1. The molecule has 0 unspecified atom stereocenters. The first kappa shape index (κ1) is 18.8. The van der Waals surface area contributed by atoms with Crippen LogP contribution in [0.2, 0.25) is 0 Å². The smallest absolute Gasteiger partial charge is 0.272 e. The second-order valence-corrected chi connectivity index (χ2v) is 7.44. The molecule has 2 aliphatic heterocycles. The lowest BCUT2D eigenvalue weighted by molar-refractivity contribution is -0.145. The van der Waals surface area contributed by atoms with Crippen LogP contribution in [-0.2, 0) is 9.53 Å². The molecule has 7 heteroatoms. The van der Waals surface area contributed by atoms with E-state index < -0.39 is 5.41 Å². The number of carbonyl (C=O) groups is 2. The standard InChI is InChI=1S/C19H28N4O3/c1-14-12-16(21-15(2)20-14)17(24)23-10-7-19(13-23)6-4-8-22(18(19)25)9-5-11-26-3/h12H,4-11,13H2,1-3H3/t19-/m0/s1. The summed E-state index contributed by atoms with van der Waals surface area (Å²) in [6.07, 6.45) is 3.44. The van der Waals surface area contributed by atoms with Gasteiger partial charge in [0.25, 0.3) is 5.91 Å². The Morgan fingerprint density at radius 3 is 2.81 bits per heavy atom. The predicted molar refractivity (Wildman–Crippen MR) is 96.8 cm³/mol. The molecule has 1 aromatic heterocycles. The number of rotatable bonds is 5. The van der Waals surface area contributed by atoms with Crippen molar-refractivity contribution in [3.63, 3.8) is 0 Å². The Morgan fingerprint density at radius 1 is 1.27 bits per heavy atom. The summed E-state index contributed by atoms with van der Waals surface area (Å²) >= 11 is 0. The fourth-order valence-corrected chi connectivity index (χ4v) is 4.18. The van der Waals surface area contributed by atoms with E-state index in [9.17, 15) is 9.59 Å². The van der Waals surface area contributed by atoms with Crippen molar-refractivity contribution in [2.24, 2.45) is 5.41 Å². The van der Waals surface area contributed by atoms with Crippen LogP contribution >= 0.6 is 0 Å². The SMILES string of the molecule is COCCCN1CCC[C@@]2(CCN(C(=O)c3cc(C)nc(C)n3)C2)C1=O. The number of hydrogen-bond donors (Lipinski definition) is 0. The number of carbonyl (C=O) groups excluding carboxylic acids is 2. The highest BCUT2D eigenvalue weighted by Crippen LogP contribution is 2.40. The molecule has 1 atom stereocenters. The topological polar surface area (TPSA) is 75.6 Å². The van der Waals surface area contributed by atoms with Gasteiger partial charge in [-0.15, -0.1) is 0 Å². The van der Waals surface area contributed by atoms with Gasteiger partial charge in [0, 0.05) is 45.6 Å². The molecule has 1 aromatic rings. The zero-order valence-electron chi connectivity index (χ0n) is 16.0. The summed E-state index contributed by atoms with van der Waals surface area (Å²) in [5.41, 5.74) is 0.790. The molecule has 26 heavy (non-hydrogen) atoms. The van der Waals surface area contributed by atoms with Crippen LogP contribution in [0.3, 0.4) is 0 Å². The molecule has 0 saturated carbocycles. The molecule has 142 valence electrons. The quantitative estimate of drug-likeness (QED) is 0.745. The summed E-state index contributed by atoms with van der Waals surface area (Å²) < 4.78 is 5.10. The van der Waals surface area contributed by atoms with Crippen molar-refractivity contribution in [3.05, 3.63) is 23.3 Å². The van der Waals surface area contributed by atoms with Crippen LogP contribution in [-0.4, -0.2) is 71.5 Å². The minimum Gasteiger partial charge on any atom is -0.385 e. The number of nitrogens with zero attached hydrogens (tertiary/aromatic N) is 4. The van der Waals surface area contributed by atoms with Crippen LogP contribution in [0.15, 0.2) is 6.07 Å². The maximum Gasteiger partial charge on any atom is 0.272 e. The second kappa shape index (κ2) is 7.70. The monoisotopic (exact) mass is 360 g/mol. The van der Waals surface area contributed by atoms with E-state index >= 15 is 0 Å². The van der Waals surface area contributed by atoms with Gasteiger partial charge in [0.05, 0.1) is 5.41 Å². The Bertz CT molecular complexity index is 673. The molecule has 2 amide bonds. The number of aryl methyl sites for hydroxylation is 2. The van der Waals surface area contributed by atoms with Gasteiger partial charge < -0.3 is 14.5 Å². The Morgan fingerprint density at radius 2 is 2.08 bits per heavy atom. The number of hydrogen-bond acceptors (Lipinski definition) is 5. The highest BCUT2D eigenvalue weighted by molar-refractivity contribution is 5.94. The van der Waals surface area contributed by atoms with E-state index in [4.69, 9.17) is 4.74 Å². The molecule has 3 heterocycles. The molecular weight excluding hydrogens is 332 g/mol. The first-order chi connectivity index (χ1) is 12.4. The highest BCUT2D eigenvalue weighted by atomic mass is 16.5. The second-order valence-electron chi connectivity index (χ2n) is 7.44. The lowest BCUT2D eigenvalue weighted by atomic mass is 9.78. The summed E-state index contributed by atoms with van der Waals surface area (Å²) in [4.78, 5) is 38.2. The van der Waals surface area contributed by atoms with Gasteiger partial charge in [-0.3, -0.25) is 9.59 Å². The third-order valence-electron chi connectivity index (χ3n) is 5.43. The molecule has 2 fully saturated rings. The zero-order chi connectivity index (χ0) is 18.7. The average molecular weight is 360 g/mol. The number of ether oxygens (including phenoxy) is 1. The van der Waals surface area contributed by atoms with Gasteiger partial charge in [-0.2, -0.15) is 0 Å². The first-order valence-electron chi connectivity index (χ1n) is 9.35. The third-order valence-corrected chi connectivity index (χ3v) is 5.43. The fraction of sp³-hybridized carbons (Fsp3) is 0.684. The van der Waals surface area contributed by atoms with Crippen LogP contribution < -0.4 is 0 Å². The van der Waals surface area contributed by atoms with Crippen LogP contribution in [0.25, 0.3) is 0 Å². The molecular formula is C19H28N4O3. The van der Waals surface area contributed by atoms with Crippen molar-refractivity contribution in [1.29, 1.82) is 0 Å². The van der Waals surface area contributed by atoms with E-state index in [1.54, 1.807) is 25.0 Å². The van der Waals surface area contributed by atoms with Crippen LogP contribution in [0.1, 0.15) is 47.7 Å². The largest absolute Gasteiger partial charge is 0.385 e. The summed E-state index contributed by atoms with van der Waals surface area (Å²) in [7, 11) is 1.68. The Labute approximate surface area is 154 Å². The summed E-state index contributed by atoms with van der Waals surface area (Å²) in [5, 5.41) is 0. The third kappa shape index (κ3) is 3.72. The van der Waals surface area contributed by atoms with Crippen molar-refractivity contribution in [2.75, 3.05) is 39.9 Å². The van der Waals surface area contributed by atoms with E-state index in [1.165, 1.54) is 0 Å². The molecule has 0 bridgehead atoms. The number of methoxy groups -OCH3 is 1. The minimum absolute atomic E-state index is 0.0974. The van der Waals surface area contributed by atoms with Crippen LogP contribution in [0.4, 0.5) is 0 Å². The highest BCUT2D eigenvalue weighted by Gasteiger charge is 2.49. The van der Waals surface area contributed by atoms with E-state index in [0.29, 0.717) is 31.2 Å². The van der Waals surface area contributed by atoms with Gasteiger partial charge in [0.1, 0.15) is 11.5 Å². The molecule has 2 aliphatic rings. The van der Waals surface area contributed by atoms with Gasteiger partial charge in [0.15, 0.2) is 0 Å². The molecule has 0 N–H and O–H groups in total. The molecule has 0 radical (unpaired) electrons. The van der Waals surface area contributed by atoms with Gasteiger partial charge in [-0.05, 0) is 45.6 Å². The Kier molecular flexibility index (Phi) is 5.55. The Hall–Kier alpha value is -2.02. The lowest BCUT2D eigenvalue weighted by Crippen LogP contribution is -2.50. The van der Waals surface area contributed by atoms with Gasteiger partial charge in [0.2, 0.25) is 5.91 Å². The van der Waals surface area contributed by atoms with E-state index in [-0.39, 0.29) is 11.8 Å². The number of amides is 2. The predicted octanol–water partition coefficient (Wildman–Crippen LogP) is 1.58. The van der Waals surface area contributed by atoms with E-state index in [0.717, 1.165) is 44.5 Å². The van der Waals surface area contributed by atoms with Crippen molar-refractivity contribution < 1.29 is 14.3 Å². The van der Waals surface area contributed by atoms with Gasteiger partial charge in [-0.1, -0.05) is 0 Å². The summed E-state index contributed by atoms with van der Waals surface area (Å²) in [5.74, 6) is 0.699. The molecule has 0 aliphatic carbocycles. The van der Waals surface area contributed by atoms with Crippen molar-refractivity contribution >= 4 is 11.8 Å². The van der Waals surface area contributed by atoms with Gasteiger partial charge >= 0.3 is 0 Å². The first-order valence-corrected chi connectivity index (χ1v) is 9.35.